The number of anilines is 1. The number of rotatable bonds is 5. The summed E-state index contributed by atoms with van der Waals surface area (Å²) in [6.45, 7) is 13.3. The Morgan fingerprint density at radius 1 is 1.00 bits per heavy atom. The number of morpholine rings is 1. The molecular weight excluding hydrogens is 444 g/mol. The van der Waals surface area contributed by atoms with Gasteiger partial charge in [0.1, 0.15) is 10.6 Å². The number of aromatic amines is 1. The van der Waals surface area contributed by atoms with Crippen LogP contribution >= 0.6 is 11.3 Å². The van der Waals surface area contributed by atoms with Crippen LogP contribution < -0.4 is 4.90 Å². The number of ether oxygens (including phenoxy) is 1. The lowest BCUT2D eigenvalue weighted by atomic mass is 10.1. The average Bonchev–Trinajstić information content (AvgIpc) is 3.50. The third-order valence-corrected chi connectivity index (χ3v) is 8.10. The van der Waals surface area contributed by atoms with Gasteiger partial charge in [-0.25, -0.2) is 9.97 Å². The molecule has 2 aliphatic rings. The van der Waals surface area contributed by atoms with Crippen molar-refractivity contribution in [3.63, 3.8) is 0 Å². The minimum absolute atomic E-state index is 0.626. The minimum atomic E-state index is 0.626. The summed E-state index contributed by atoms with van der Waals surface area (Å²) in [6, 6.07) is 11.4. The molecule has 2 saturated heterocycles. The van der Waals surface area contributed by atoms with Gasteiger partial charge < -0.3 is 14.6 Å². The maximum atomic E-state index is 5.63. The van der Waals surface area contributed by atoms with E-state index in [0.717, 1.165) is 92.0 Å². The van der Waals surface area contributed by atoms with Gasteiger partial charge in [0.2, 0.25) is 0 Å². The quantitative estimate of drug-likeness (QED) is 0.466. The van der Waals surface area contributed by atoms with Crippen LogP contribution in [0, 0.1) is 0 Å². The molecule has 0 atom stereocenters. The van der Waals surface area contributed by atoms with Crippen molar-refractivity contribution >= 4 is 38.3 Å². The number of piperazine rings is 1. The van der Waals surface area contributed by atoms with Gasteiger partial charge in [0.05, 0.1) is 18.6 Å². The normalized spacial score (nSPS) is 18.5. The van der Waals surface area contributed by atoms with Crippen LogP contribution in [-0.2, 0) is 11.3 Å². The molecule has 0 amide bonds. The molecule has 1 aromatic carbocycles. The molecule has 0 aliphatic carbocycles. The van der Waals surface area contributed by atoms with Gasteiger partial charge in [0.25, 0.3) is 0 Å². The Labute approximate surface area is 204 Å². The summed E-state index contributed by atoms with van der Waals surface area (Å²) < 4.78 is 5.63. The molecule has 8 heteroatoms. The predicted octanol–water partition coefficient (Wildman–Crippen LogP) is 4.20. The van der Waals surface area contributed by atoms with Crippen LogP contribution in [-0.4, -0.2) is 83.3 Å². The first-order valence-electron chi connectivity index (χ1n) is 12.3. The number of hydrogen-bond donors (Lipinski definition) is 1. The van der Waals surface area contributed by atoms with E-state index < -0.39 is 0 Å². The summed E-state index contributed by atoms with van der Waals surface area (Å²) in [4.78, 5) is 23.5. The molecule has 34 heavy (non-hydrogen) atoms. The van der Waals surface area contributed by atoms with Crippen molar-refractivity contribution in [2.24, 2.45) is 0 Å². The molecular formula is C26H32N6OS. The Kier molecular flexibility index (Phi) is 5.99. The first-order chi connectivity index (χ1) is 16.7. The van der Waals surface area contributed by atoms with Gasteiger partial charge in [0.15, 0.2) is 5.82 Å². The van der Waals surface area contributed by atoms with Crippen LogP contribution in [0.1, 0.15) is 18.7 Å². The standard InChI is InChI=1S/C26H32N6OS/c1-18(2)31-10-8-30(9-11-31)17-19-16-22-25(32-12-14-33-15-13-32)28-24(29-26(22)34-19)21-4-3-5-23-20(21)6-7-27-23/h3-7,16,18,27H,8-15,17H2,1-2H3. The summed E-state index contributed by atoms with van der Waals surface area (Å²) >= 11 is 1.82. The predicted molar refractivity (Wildman–Crippen MR) is 140 cm³/mol. The number of nitrogens with zero attached hydrogens (tertiary/aromatic N) is 5. The Morgan fingerprint density at radius 3 is 2.62 bits per heavy atom. The van der Waals surface area contributed by atoms with E-state index in [4.69, 9.17) is 14.7 Å². The van der Waals surface area contributed by atoms with Crippen molar-refractivity contribution in [1.82, 2.24) is 24.8 Å². The molecule has 0 saturated carbocycles. The van der Waals surface area contributed by atoms with E-state index in [9.17, 15) is 0 Å². The monoisotopic (exact) mass is 476 g/mol. The molecule has 1 N–H and O–H groups in total. The smallest absolute Gasteiger partial charge is 0.163 e. The summed E-state index contributed by atoms with van der Waals surface area (Å²) in [5.41, 5.74) is 2.19. The number of aromatic nitrogens is 3. The van der Waals surface area contributed by atoms with Crippen molar-refractivity contribution in [3.8, 4) is 11.4 Å². The zero-order chi connectivity index (χ0) is 23.1. The van der Waals surface area contributed by atoms with Gasteiger partial charge >= 0.3 is 0 Å². The van der Waals surface area contributed by atoms with E-state index in [1.165, 1.54) is 10.3 Å². The van der Waals surface area contributed by atoms with Crippen molar-refractivity contribution < 1.29 is 4.74 Å². The highest BCUT2D eigenvalue weighted by atomic mass is 32.1. The Hall–Kier alpha value is -2.52. The molecule has 0 spiro atoms. The average molecular weight is 477 g/mol. The second-order valence-corrected chi connectivity index (χ2v) is 10.7. The third-order valence-electron chi connectivity index (χ3n) is 7.09. The second-order valence-electron chi connectivity index (χ2n) is 9.55. The molecule has 178 valence electrons. The fourth-order valence-corrected chi connectivity index (χ4v) is 6.17. The maximum absolute atomic E-state index is 5.63. The van der Waals surface area contributed by atoms with E-state index in [0.29, 0.717) is 6.04 Å². The van der Waals surface area contributed by atoms with Crippen LogP contribution in [0.25, 0.3) is 32.5 Å². The topological polar surface area (TPSA) is 60.5 Å². The van der Waals surface area contributed by atoms with Crippen molar-refractivity contribution in [3.05, 3.63) is 41.4 Å². The summed E-state index contributed by atoms with van der Waals surface area (Å²) in [7, 11) is 0. The van der Waals surface area contributed by atoms with E-state index in [-0.39, 0.29) is 0 Å². The first-order valence-corrected chi connectivity index (χ1v) is 13.1. The third kappa shape index (κ3) is 4.20. The van der Waals surface area contributed by atoms with Gasteiger partial charge in [-0.2, -0.15) is 0 Å². The zero-order valence-corrected chi connectivity index (χ0v) is 20.8. The van der Waals surface area contributed by atoms with Gasteiger partial charge in [-0.3, -0.25) is 9.80 Å². The van der Waals surface area contributed by atoms with Gasteiger partial charge in [0, 0.05) is 79.4 Å². The lowest BCUT2D eigenvalue weighted by Gasteiger charge is -2.36. The van der Waals surface area contributed by atoms with Crippen molar-refractivity contribution in [1.29, 1.82) is 0 Å². The molecule has 0 unspecified atom stereocenters. The Morgan fingerprint density at radius 2 is 1.82 bits per heavy atom. The number of benzene rings is 1. The van der Waals surface area contributed by atoms with E-state index in [1.54, 1.807) is 0 Å². The first kappa shape index (κ1) is 22.0. The zero-order valence-electron chi connectivity index (χ0n) is 20.0. The lowest BCUT2D eigenvalue weighted by molar-refractivity contribution is 0.105. The highest BCUT2D eigenvalue weighted by molar-refractivity contribution is 7.18. The second kappa shape index (κ2) is 9.26. The number of fused-ring (bicyclic) bond motifs is 2. The number of thiophene rings is 1. The molecule has 0 radical (unpaired) electrons. The number of nitrogens with one attached hydrogen (secondary N) is 1. The number of H-pyrrole nitrogens is 1. The van der Waals surface area contributed by atoms with Crippen LogP contribution in [0.4, 0.5) is 5.82 Å². The fourth-order valence-electron chi connectivity index (χ4n) is 5.11. The van der Waals surface area contributed by atoms with Crippen LogP contribution in [0.15, 0.2) is 36.5 Å². The highest BCUT2D eigenvalue weighted by Crippen LogP contribution is 2.36. The Balaban J connectivity index is 1.37. The summed E-state index contributed by atoms with van der Waals surface area (Å²) in [5.74, 6) is 1.85. The Bertz CT molecular complexity index is 1280. The largest absolute Gasteiger partial charge is 0.378 e. The molecule has 4 aromatic rings. The van der Waals surface area contributed by atoms with E-state index in [1.807, 2.05) is 17.5 Å². The van der Waals surface area contributed by atoms with Gasteiger partial charge in [-0.15, -0.1) is 11.3 Å². The minimum Gasteiger partial charge on any atom is -0.378 e. The molecule has 2 aliphatic heterocycles. The van der Waals surface area contributed by atoms with Crippen molar-refractivity contribution in [2.45, 2.75) is 26.4 Å². The molecule has 5 heterocycles. The van der Waals surface area contributed by atoms with Gasteiger partial charge in [-0.05, 0) is 32.0 Å². The van der Waals surface area contributed by atoms with Gasteiger partial charge in [-0.1, -0.05) is 12.1 Å². The highest BCUT2D eigenvalue weighted by Gasteiger charge is 2.23. The maximum Gasteiger partial charge on any atom is 0.163 e. The molecule has 3 aromatic heterocycles. The van der Waals surface area contributed by atoms with Crippen molar-refractivity contribution in [2.75, 3.05) is 57.4 Å². The summed E-state index contributed by atoms with van der Waals surface area (Å²) in [6.07, 6.45) is 1.98. The molecule has 2 fully saturated rings. The van der Waals surface area contributed by atoms with E-state index in [2.05, 4.69) is 63.9 Å². The van der Waals surface area contributed by atoms with Crippen LogP contribution in [0.2, 0.25) is 0 Å². The lowest BCUT2D eigenvalue weighted by Crippen LogP contribution is -2.48. The molecule has 0 bridgehead atoms. The van der Waals surface area contributed by atoms with E-state index >= 15 is 0 Å². The SMILES string of the molecule is CC(C)N1CCN(Cc2cc3c(N4CCOCC4)nc(-c4cccc5[nH]ccc45)nc3s2)CC1. The van der Waals surface area contributed by atoms with Crippen LogP contribution in [0.3, 0.4) is 0 Å². The number of hydrogen-bond acceptors (Lipinski definition) is 7. The molecule has 6 rings (SSSR count). The summed E-state index contributed by atoms with van der Waals surface area (Å²) in [5, 5.41) is 2.34. The fraction of sp³-hybridized carbons (Fsp3) is 0.462. The molecule has 7 nitrogen and oxygen atoms in total. The van der Waals surface area contributed by atoms with Crippen LogP contribution in [0.5, 0.6) is 0 Å².